The number of nitrogens with zero attached hydrogens (tertiary/aromatic N) is 3. The minimum Gasteiger partial charge on any atom is -0.360 e. The first-order valence-electron chi connectivity index (χ1n) is 9.42. The van der Waals surface area contributed by atoms with Gasteiger partial charge in [-0.25, -0.2) is 15.0 Å². The third-order valence-corrected chi connectivity index (χ3v) is 5.24. The first kappa shape index (κ1) is 17.5. The number of aryl methyl sites for hydroxylation is 2. The predicted octanol–water partition coefficient (Wildman–Crippen LogP) is 4.39. The molecule has 0 amide bonds. The summed E-state index contributed by atoms with van der Waals surface area (Å²) in [7, 11) is 0. The highest BCUT2D eigenvalue weighted by molar-refractivity contribution is 5.50. The van der Waals surface area contributed by atoms with Crippen LogP contribution in [0.4, 0.5) is 5.69 Å². The Balaban J connectivity index is 1.64. The van der Waals surface area contributed by atoms with Crippen molar-refractivity contribution < 1.29 is 0 Å². The summed E-state index contributed by atoms with van der Waals surface area (Å²) in [5.41, 5.74) is 6.93. The molecule has 1 aliphatic rings. The Morgan fingerprint density at radius 2 is 1.93 bits per heavy atom. The Morgan fingerprint density at radius 3 is 2.63 bits per heavy atom. The maximum Gasteiger partial charge on any atom is 0.125 e. The molecule has 0 saturated carbocycles. The molecule has 27 heavy (non-hydrogen) atoms. The first-order chi connectivity index (χ1) is 13.1. The maximum atomic E-state index is 4.67. The van der Waals surface area contributed by atoms with Crippen LogP contribution in [0, 0.1) is 12.8 Å². The van der Waals surface area contributed by atoms with E-state index in [1.54, 1.807) is 0 Å². The summed E-state index contributed by atoms with van der Waals surface area (Å²) in [6.45, 7) is 7.80. The van der Waals surface area contributed by atoms with Gasteiger partial charge in [0.25, 0.3) is 0 Å². The van der Waals surface area contributed by atoms with Crippen molar-refractivity contribution in [3.8, 4) is 0 Å². The lowest BCUT2D eigenvalue weighted by Crippen LogP contribution is -2.24. The predicted molar refractivity (Wildman–Crippen MR) is 108 cm³/mol. The fourth-order valence-corrected chi connectivity index (χ4v) is 4.02. The third kappa shape index (κ3) is 3.77. The van der Waals surface area contributed by atoms with Crippen molar-refractivity contribution in [1.29, 1.82) is 0 Å². The standard InChI is InChI=1S/C22H25N5/c1-14(2)27-19-7-4-17(5-8-19)21-18(6-9-20-22(21)26-13-25-20)10-16-11-23-15(3)24-12-16/h4-5,7-8,11-13,18,21,27H,1,6,9-10H2,2-3H3,(H,25,26)/t18?,21-/m1/s1. The molecule has 2 N–H and O–H groups in total. The van der Waals surface area contributed by atoms with E-state index in [0.29, 0.717) is 5.92 Å². The minimum absolute atomic E-state index is 0.278. The Labute approximate surface area is 160 Å². The number of rotatable bonds is 5. The summed E-state index contributed by atoms with van der Waals surface area (Å²) >= 11 is 0. The van der Waals surface area contributed by atoms with Crippen LogP contribution in [0.25, 0.3) is 0 Å². The van der Waals surface area contributed by atoms with Gasteiger partial charge in [-0.1, -0.05) is 18.7 Å². The zero-order valence-electron chi connectivity index (χ0n) is 15.9. The molecule has 0 radical (unpaired) electrons. The van der Waals surface area contributed by atoms with Gasteiger partial charge < -0.3 is 10.3 Å². The van der Waals surface area contributed by atoms with Crippen LogP contribution in [0.1, 0.15) is 47.6 Å². The van der Waals surface area contributed by atoms with Crippen molar-refractivity contribution in [2.45, 2.75) is 39.0 Å². The van der Waals surface area contributed by atoms with Crippen LogP contribution in [-0.2, 0) is 12.8 Å². The van der Waals surface area contributed by atoms with Crippen molar-refractivity contribution in [1.82, 2.24) is 19.9 Å². The Morgan fingerprint density at radius 1 is 1.19 bits per heavy atom. The summed E-state index contributed by atoms with van der Waals surface area (Å²) < 4.78 is 0. The molecule has 1 aliphatic carbocycles. The molecule has 138 valence electrons. The van der Waals surface area contributed by atoms with Gasteiger partial charge in [0.1, 0.15) is 5.82 Å². The molecule has 1 aromatic carbocycles. The molecule has 5 heteroatoms. The van der Waals surface area contributed by atoms with Crippen LogP contribution in [0.5, 0.6) is 0 Å². The highest BCUT2D eigenvalue weighted by atomic mass is 14.9. The largest absolute Gasteiger partial charge is 0.360 e. The number of anilines is 1. The minimum atomic E-state index is 0.278. The number of nitrogens with one attached hydrogen (secondary N) is 2. The van der Waals surface area contributed by atoms with Crippen LogP contribution in [0.15, 0.2) is 55.3 Å². The number of hydrogen-bond acceptors (Lipinski definition) is 4. The number of H-pyrrole nitrogens is 1. The van der Waals surface area contributed by atoms with Crippen LogP contribution in [0.3, 0.4) is 0 Å². The van der Waals surface area contributed by atoms with E-state index in [9.17, 15) is 0 Å². The van der Waals surface area contributed by atoms with Gasteiger partial charge >= 0.3 is 0 Å². The lowest BCUT2D eigenvalue weighted by molar-refractivity contribution is 0.398. The zero-order valence-corrected chi connectivity index (χ0v) is 15.9. The molecule has 3 aromatic rings. The van der Waals surface area contributed by atoms with Crippen LogP contribution < -0.4 is 5.32 Å². The van der Waals surface area contributed by atoms with Gasteiger partial charge in [-0.3, -0.25) is 0 Å². The van der Waals surface area contributed by atoms with E-state index in [4.69, 9.17) is 0 Å². The maximum absolute atomic E-state index is 4.67. The summed E-state index contributed by atoms with van der Waals surface area (Å²) in [5, 5.41) is 3.27. The number of hydrogen-bond donors (Lipinski definition) is 2. The van der Waals surface area contributed by atoms with Gasteiger partial charge in [-0.2, -0.15) is 0 Å². The molecule has 0 saturated heterocycles. The van der Waals surface area contributed by atoms with Crippen molar-refractivity contribution in [3.63, 3.8) is 0 Å². The second-order valence-electron chi connectivity index (χ2n) is 7.41. The molecule has 0 spiro atoms. The fraction of sp³-hybridized carbons (Fsp3) is 0.318. The van der Waals surface area contributed by atoms with Gasteiger partial charge in [0.15, 0.2) is 0 Å². The van der Waals surface area contributed by atoms with Crippen molar-refractivity contribution in [2.75, 3.05) is 5.32 Å². The molecule has 2 atom stereocenters. The third-order valence-electron chi connectivity index (χ3n) is 5.24. The topological polar surface area (TPSA) is 66.5 Å². The Bertz CT molecular complexity index is 924. The number of benzene rings is 1. The second-order valence-corrected chi connectivity index (χ2v) is 7.41. The number of imidazole rings is 1. The Hall–Kier alpha value is -2.95. The van der Waals surface area contributed by atoms with Crippen molar-refractivity contribution in [3.05, 3.63) is 83.6 Å². The van der Waals surface area contributed by atoms with Gasteiger partial charge in [-0.05, 0) is 62.3 Å². The SMILES string of the molecule is C=C(C)Nc1ccc([C@H]2c3nc[nH]c3CCC2Cc2cnc(C)nc2)cc1. The van der Waals surface area contributed by atoms with E-state index in [1.165, 1.54) is 22.5 Å². The van der Waals surface area contributed by atoms with Crippen LogP contribution in [-0.4, -0.2) is 19.9 Å². The van der Waals surface area contributed by atoms with E-state index in [1.807, 2.05) is 32.6 Å². The molecular formula is C22H25N5. The van der Waals surface area contributed by atoms with E-state index in [2.05, 4.69) is 56.1 Å². The van der Waals surface area contributed by atoms with Crippen molar-refractivity contribution in [2.24, 2.45) is 5.92 Å². The Kier molecular flexibility index (Phi) is 4.75. The average Bonchev–Trinajstić information content (AvgIpc) is 3.12. The van der Waals surface area contributed by atoms with Gasteiger partial charge in [0.05, 0.1) is 12.0 Å². The molecule has 0 bridgehead atoms. The highest BCUT2D eigenvalue weighted by Gasteiger charge is 2.33. The molecule has 1 unspecified atom stereocenters. The van der Waals surface area contributed by atoms with Crippen LogP contribution in [0.2, 0.25) is 0 Å². The average molecular weight is 359 g/mol. The summed E-state index contributed by atoms with van der Waals surface area (Å²) in [6, 6.07) is 8.66. The molecule has 0 fully saturated rings. The van der Waals surface area contributed by atoms with E-state index in [-0.39, 0.29) is 5.92 Å². The highest BCUT2D eigenvalue weighted by Crippen LogP contribution is 2.41. The first-order valence-corrected chi connectivity index (χ1v) is 9.42. The van der Waals surface area contributed by atoms with E-state index >= 15 is 0 Å². The van der Waals surface area contributed by atoms with Crippen LogP contribution >= 0.6 is 0 Å². The lowest BCUT2D eigenvalue weighted by atomic mass is 9.73. The van der Waals surface area contributed by atoms with Gasteiger partial charge in [-0.15, -0.1) is 0 Å². The lowest BCUT2D eigenvalue weighted by Gasteiger charge is -2.31. The molecule has 5 nitrogen and oxygen atoms in total. The quantitative estimate of drug-likeness (QED) is 0.709. The number of fused-ring (bicyclic) bond motifs is 1. The molecule has 2 heterocycles. The van der Waals surface area contributed by atoms with Gasteiger partial charge in [0, 0.05) is 35.4 Å². The number of aromatic nitrogens is 4. The number of allylic oxidation sites excluding steroid dienone is 1. The fourth-order valence-electron chi connectivity index (χ4n) is 4.02. The smallest absolute Gasteiger partial charge is 0.125 e. The van der Waals surface area contributed by atoms with E-state index < -0.39 is 0 Å². The summed E-state index contributed by atoms with van der Waals surface area (Å²) in [6.07, 6.45) is 8.87. The summed E-state index contributed by atoms with van der Waals surface area (Å²) in [4.78, 5) is 16.7. The van der Waals surface area contributed by atoms with Gasteiger partial charge in [0.2, 0.25) is 0 Å². The molecule has 0 aliphatic heterocycles. The van der Waals surface area contributed by atoms with Crippen molar-refractivity contribution >= 4 is 5.69 Å². The molecule has 4 rings (SSSR count). The zero-order chi connectivity index (χ0) is 18.8. The monoisotopic (exact) mass is 359 g/mol. The molecule has 2 aromatic heterocycles. The summed E-state index contributed by atoms with van der Waals surface area (Å²) in [5.74, 6) is 1.57. The van der Waals surface area contributed by atoms with E-state index in [0.717, 1.165) is 36.5 Å². The second kappa shape index (κ2) is 7.35. The molecular weight excluding hydrogens is 334 g/mol. The number of aromatic amines is 1. The normalized spacial score (nSPS) is 18.7.